The molecule has 0 saturated heterocycles. The van der Waals surface area contributed by atoms with Crippen LogP contribution in [0.1, 0.15) is 0 Å². The van der Waals surface area contributed by atoms with Crippen LogP contribution in [0.15, 0.2) is 18.9 Å². The molecule has 0 radical (unpaired) electrons. The van der Waals surface area contributed by atoms with Crippen molar-refractivity contribution in [1.29, 1.82) is 0 Å². The molecule has 0 aliphatic heterocycles. The lowest BCUT2D eigenvalue weighted by Crippen LogP contribution is -1.78. The fourth-order valence-electron chi connectivity index (χ4n) is 1.20. The van der Waals surface area contributed by atoms with Crippen LogP contribution in [0.5, 0.6) is 0 Å². The lowest BCUT2D eigenvalue weighted by Gasteiger charge is -1.81. The van der Waals surface area contributed by atoms with Gasteiger partial charge in [-0.05, 0) is 0 Å². The van der Waals surface area contributed by atoms with Gasteiger partial charge in [0.2, 0.25) is 5.65 Å². The predicted molar refractivity (Wildman–Crippen MR) is 40.4 cm³/mol. The molecule has 0 aliphatic rings. The minimum absolute atomic E-state index is 0.729. The minimum Gasteiger partial charge on any atom is -0.287 e. The van der Waals surface area contributed by atoms with E-state index in [1.807, 2.05) is 0 Å². The van der Waals surface area contributed by atoms with E-state index in [9.17, 15) is 0 Å². The van der Waals surface area contributed by atoms with Crippen LogP contribution in [-0.4, -0.2) is 29.8 Å². The molecule has 0 bridgehead atoms. The average molecular weight is 160 g/mol. The predicted octanol–water partition coefficient (Wildman–Crippen LogP) is 0.000600. The first-order valence-corrected chi connectivity index (χ1v) is 3.42. The maximum Gasteiger partial charge on any atom is 0.203 e. The molecule has 12 heavy (non-hydrogen) atoms. The molecule has 0 spiro atoms. The van der Waals surface area contributed by atoms with Gasteiger partial charge in [-0.3, -0.25) is 5.10 Å². The standard InChI is InChI=1S/C6H4N6/c1-4-5(8-2-7-1)6-10-9-3-12(6)11-4/h1-3,11H. The van der Waals surface area contributed by atoms with Crippen molar-refractivity contribution in [3.05, 3.63) is 18.9 Å². The van der Waals surface area contributed by atoms with Crippen molar-refractivity contribution < 1.29 is 0 Å². The Bertz CT molecular complexity index is 534. The van der Waals surface area contributed by atoms with E-state index in [-0.39, 0.29) is 0 Å². The van der Waals surface area contributed by atoms with Crippen LogP contribution < -0.4 is 0 Å². The van der Waals surface area contributed by atoms with Crippen molar-refractivity contribution in [1.82, 2.24) is 29.8 Å². The van der Waals surface area contributed by atoms with Crippen LogP contribution in [0.2, 0.25) is 0 Å². The zero-order valence-corrected chi connectivity index (χ0v) is 5.97. The van der Waals surface area contributed by atoms with Crippen LogP contribution >= 0.6 is 0 Å². The maximum absolute atomic E-state index is 4.08. The topological polar surface area (TPSA) is 71.8 Å². The first-order valence-electron chi connectivity index (χ1n) is 3.42. The maximum atomic E-state index is 4.08. The molecule has 3 aromatic heterocycles. The molecule has 3 heterocycles. The second kappa shape index (κ2) is 1.79. The van der Waals surface area contributed by atoms with Crippen LogP contribution in [0.3, 0.4) is 0 Å². The molecule has 0 unspecified atom stereocenters. The van der Waals surface area contributed by atoms with Crippen molar-refractivity contribution in [2.24, 2.45) is 0 Å². The third-order valence-corrected chi connectivity index (χ3v) is 1.71. The van der Waals surface area contributed by atoms with Crippen molar-refractivity contribution in [3.8, 4) is 0 Å². The van der Waals surface area contributed by atoms with Gasteiger partial charge in [0.1, 0.15) is 23.7 Å². The van der Waals surface area contributed by atoms with Gasteiger partial charge in [-0.25, -0.2) is 14.5 Å². The average Bonchev–Trinajstić information content (AvgIpc) is 2.62. The SMILES string of the molecule is c1ncc2[nH]n3cnnc3c2n1. The van der Waals surface area contributed by atoms with E-state index >= 15 is 0 Å². The Labute approximate surface area is 66.3 Å². The molecule has 3 aromatic rings. The first-order chi connectivity index (χ1) is 5.95. The Morgan fingerprint density at radius 3 is 3.42 bits per heavy atom. The van der Waals surface area contributed by atoms with Gasteiger partial charge in [-0.1, -0.05) is 0 Å². The monoisotopic (exact) mass is 160 g/mol. The summed E-state index contributed by atoms with van der Waals surface area (Å²) in [4.78, 5) is 7.96. The Hall–Kier alpha value is -1.98. The van der Waals surface area contributed by atoms with E-state index in [0.717, 1.165) is 16.7 Å². The normalized spacial score (nSPS) is 11.3. The van der Waals surface area contributed by atoms with Gasteiger partial charge in [0.05, 0.1) is 6.20 Å². The zero-order chi connectivity index (χ0) is 7.97. The van der Waals surface area contributed by atoms with Crippen molar-refractivity contribution >= 4 is 16.7 Å². The van der Waals surface area contributed by atoms with Crippen molar-refractivity contribution in [2.45, 2.75) is 0 Å². The molecular weight excluding hydrogens is 156 g/mol. The van der Waals surface area contributed by atoms with Crippen LogP contribution in [0.25, 0.3) is 16.7 Å². The quantitative estimate of drug-likeness (QED) is 0.502. The van der Waals surface area contributed by atoms with Gasteiger partial charge >= 0.3 is 0 Å². The Morgan fingerprint density at radius 2 is 2.42 bits per heavy atom. The lowest BCUT2D eigenvalue weighted by atomic mass is 10.5. The molecular formula is C6H4N6. The van der Waals surface area contributed by atoms with Gasteiger partial charge in [-0.2, -0.15) is 0 Å². The molecule has 0 aromatic carbocycles. The highest BCUT2D eigenvalue weighted by Gasteiger charge is 2.05. The van der Waals surface area contributed by atoms with E-state index in [0.29, 0.717) is 0 Å². The summed E-state index contributed by atoms with van der Waals surface area (Å²) in [7, 11) is 0. The van der Waals surface area contributed by atoms with Crippen molar-refractivity contribution in [3.63, 3.8) is 0 Å². The second-order valence-corrected chi connectivity index (χ2v) is 2.42. The number of aromatic nitrogens is 6. The lowest BCUT2D eigenvalue weighted by molar-refractivity contribution is 0.972. The number of nitrogens with one attached hydrogen (secondary N) is 1. The molecule has 1 N–H and O–H groups in total. The van der Waals surface area contributed by atoms with Crippen LogP contribution in [-0.2, 0) is 0 Å². The number of nitrogens with zero attached hydrogens (tertiary/aromatic N) is 5. The molecule has 0 atom stereocenters. The molecule has 0 saturated carbocycles. The van der Waals surface area contributed by atoms with Gasteiger partial charge in [0, 0.05) is 0 Å². The number of aromatic amines is 1. The summed E-state index contributed by atoms with van der Waals surface area (Å²) in [6, 6.07) is 0. The summed E-state index contributed by atoms with van der Waals surface area (Å²) in [6.45, 7) is 0. The Kier molecular flexibility index (Phi) is 0.840. The van der Waals surface area contributed by atoms with Gasteiger partial charge in [0.25, 0.3) is 0 Å². The van der Waals surface area contributed by atoms with Crippen LogP contribution in [0.4, 0.5) is 0 Å². The summed E-state index contributed by atoms with van der Waals surface area (Å²) >= 11 is 0. The summed E-state index contributed by atoms with van der Waals surface area (Å²) in [5.74, 6) is 0. The van der Waals surface area contributed by atoms with E-state index in [4.69, 9.17) is 0 Å². The summed E-state index contributed by atoms with van der Waals surface area (Å²) in [5.41, 5.74) is 2.39. The van der Waals surface area contributed by atoms with Gasteiger partial charge < -0.3 is 0 Å². The van der Waals surface area contributed by atoms with E-state index in [1.165, 1.54) is 6.33 Å². The minimum atomic E-state index is 0.729. The molecule has 6 heteroatoms. The van der Waals surface area contributed by atoms with Crippen molar-refractivity contribution in [2.75, 3.05) is 0 Å². The number of fused-ring (bicyclic) bond motifs is 3. The zero-order valence-electron chi connectivity index (χ0n) is 5.97. The number of rotatable bonds is 0. The van der Waals surface area contributed by atoms with Gasteiger partial charge in [0.15, 0.2) is 0 Å². The smallest absolute Gasteiger partial charge is 0.203 e. The molecule has 58 valence electrons. The molecule has 0 amide bonds. The Balaban J connectivity index is 2.68. The Morgan fingerprint density at radius 1 is 1.42 bits per heavy atom. The summed E-state index contributed by atoms with van der Waals surface area (Å²) in [5, 5.41) is 10.7. The third kappa shape index (κ3) is 0.541. The first kappa shape index (κ1) is 5.64. The third-order valence-electron chi connectivity index (χ3n) is 1.71. The number of hydrogen-bond donors (Lipinski definition) is 1. The highest BCUT2D eigenvalue weighted by molar-refractivity contribution is 5.86. The second-order valence-electron chi connectivity index (χ2n) is 2.42. The highest BCUT2D eigenvalue weighted by Crippen LogP contribution is 2.11. The number of hydrogen-bond acceptors (Lipinski definition) is 4. The van der Waals surface area contributed by atoms with Crippen LogP contribution in [0, 0.1) is 0 Å². The highest BCUT2D eigenvalue weighted by atomic mass is 15.4. The molecule has 0 fully saturated rings. The van der Waals surface area contributed by atoms with E-state index in [2.05, 4.69) is 25.3 Å². The summed E-state index contributed by atoms with van der Waals surface area (Å²) < 4.78 is 1.71. The number of H-pyrrole nitrogens is 1. The largest absolute Gasteiger partial charge is 0.287 e. The van der Waals surface area contributed by atoms with Gasteiger partial charge in [-0.15, -0.1) is 10.2 Å². The molecule has 3 rings (SSSR count). The molecule has 6 nitrogen and oxygen atoms in total. The van der Waals surface area contributed by atoms with E-state index < -0.39 is 0 Å². The summed E-state index contributed by atoms with van der Waals surface area (Å²) in [6.07, 6.45) is 4.79. The molecule has 0 aliphatic carbocycles. The fourth-order valence-corrected chi connectivity index (χ4v) is 1.20. The van der Waals surface area contributed by atoms with E-state index in [1.54, 1.807) is 17.0 Å². The fraction of sp³-hybridized carbons (Fsp3) is 0.